The second kappa shape index (κ2) is 10.6. The number of rotatable bonds is 8. The summed E-state index contributed by atoms with van der Waals surface area (Å²) < 4.78 is 24.4. The number of carboxylic acid groups (broad SMARTS) is 1. The largest absolute Gasteiger partial charge is 0.480 e. The number of carboxylic acids is 1. The van der Waals surface area contributed by atoms with Gasteiger partial charge in [-0.25, -0.2) is 23.9 Å². The highest BCUT2D eigenvalue weighted by molar-refractivity contribution is 5.94. The minimum absolute atomic E-state index is 0.209. The number of amides is 1. The number of benzene rings is 1. The van der Waals surface area contributed by atoms with Crippen molar-refractivity contribution in [3.05, 3.63) is 48.7 Å². The highest BCUT2D eigenvalue weighted by atomic mass is 19.1. The fourth-order valence-electron chi connectivity index (χ4n) is 3.48. The van der Waals surface area contributed by atoms with Gasteiger partial charge in [-0.3, -0.25) is 4.98 Å². The minimum atomic E-state index is -0.971. The van der Waals surface area contributed by atoms with Gasteiger partial charge in [-0.15, -0.1) is 0 Å². The summed E-state index contributed by atoms with van der Waals surface area (Å²) in [6.07, 6.45) is 7.19. The third kappa shape index (κ3) is 6.21. The molecule has 8 nitrogen and oxygen atoms in total. The summed E-state index contributed by atoms with van der Waals surface area (Å²) in [7, 11) is 0. The van der Waals surface area contributed by atoms with Gasteiger partial charge in [0.15, 0.2) is 5.82 Å². The van der Waals surface area contributed by atoms with Gasteiger partial charge in [0.1, 0.15) is 12.4 Å². The van der Waals surface area contributed by atoms with Crippen molar-refractivity contribution in [3.8, 4) is 0 Å². The zero-order chi connectivity index (χ0) is 21.3. The standard InChI is InChI=1S/C21H24FN3O5/c22-17-2-1-3-18(10-17)25(19-11-23-8-9-24-19)21(28)30-13-16-6-4-15(5-7-16)12-29-14-20(26)27/h1-3,8-11,15-16H,4-7,12-14H2,(H,26,27). The van der Waals surface area contributed by atoms with E-state index < -0.39 is 17.9 Å². The Bertz CT molecular complexity index is 844. The third-order valence-corrected chi connectivity index (χ3v) is 5.02. The maximum absolute atomic E-state index is 13.7. The van der Waals surface area contributed by atoms with E-state index in [0.717, 1.165) is 25.7 Å². The number of hydrogen-bond donors (Lipinski definition) is 1. The number of ether oxygens (including phenoxy) is 2. The van der Waals surface area contributed by atoms with Crippen molar-refractivity contribution in [3.63, 3.8) is 0 Å². The van der Waals surface area contributed by atoms with E-state index in [4.69, 9.17) is 14.6 Å². The maximum atomic E-state index is 13.7. The molecule has 1 heterocycles. The lowest BCUT2D eigenvalue weighted by molar-refractivity contribution is -0.142. The molecule has 1 aliphatic carbocycles. The number of nitrogens with zero attached hydrogens (tertiary/aromatic N) is 3. The van der Waals surface area contributed by atoms with E-state index in [1.165, 1.54) is 41.7 Å². The molecule has 0 unspecified atom stereocenters. The summed E-state index contributed by atoms with van der Waals surface area (Å²) in [6.45, 7) is 0.391. The lowest BCUT2D eigenvalue weighted by atomic mass is 9.83. The van der Waals surface area contributed by atoms with Crippen LogP contribution in [0.15, 0.2) is 42.9 Å². The van der Waals surface area contributed by atoms with E-state index in [9.17, 15) is 14.0 Å². The fourth-order valence-corrected chi connectivity index (χ4v) is 3.48. The number of carbonyl (C=O) groups is 2. The first kappa shape index (κ1) is 21.6. The molecule has 9 heteroatoms. The number of hydrogen-bond acceptors (Lipinski definition) is 6. The number of carbonyl (C=O) groups excluding carboxylic acids is 1. The second-order valence-corrected chi connectivity index (χ2v) is 7.25. The number of aliphatic carboxylic acids is 1. The average Bonchev–Trinajstić information content (AvgIpc) is 2.74. The van der Waals surface area contributed by atoms with Crippen LogP contribution in [0.4, 0.5) is 20.7 Å². The average molecular weight is 417 g/mol. The molecular formula is C21H24FN3O5. The summed E-state index contributed by atoms with van der Waals surface area (Å²) >= 11 is 0. The number of anilines is 2. The van der Waals surface area contributed by atoms with Crippen LogP contribution in [0.1, 0.15) is 25.7 Å². The first-order chi connectivity index (χ1) is 14.5. The summed E-state index contributed by atoms with van der Waals surface area (Å²) in [5, 5.41) is 8.63. The Hall–Kier alpha value is -3.07. The van der Waals surface area contributed by atoms with Gasteiger partial charge in [-0.2, -0.15) is 0 Å². The van der Waals surface area contributed by atoms with E-state index >= 15 is 0 Å². The molecule has 160 valence electrons. The van der Waals surface area contributed by atoms with E-state index in [0.29, 0.717) is 18.2 Å². The lowest BCUT2D eigenvalue weighted by Crippen LogP contribution is -2.30. The molecule has 0 atom stereocenters. The van der Waals surface area contributed by atoms with Crippen LogP contribution < -0.4 is 4.90 Å². The molecule has 1 aromatic heterocycles. The predicted molar refractivity (Wildman–Crippen MR) is 106 cm³/mol. The third-order valence-electron chi connectivity index (χ3n) is 5.02. The number of halogens is 1. The molecule has 1 amide bonds. The van der Waals surface area contributed by atoms with Crippen molar-refractivity contribution in [2.75, 3.05) is 24.7 Å². The summed E-state index contributed by atoms with van der Waals surface area (Å²) in [4.78, 5) is 32.6. The molecule has 0 saturated heterocycles. The maximum Gasteiger partial charge on any atom is 0.420 e. The fraction of sp³-hybridized carbons (Fsp3) is 0.429. The van der Waals surface area contributed by atoms with Crippen LogP contribution in [-0.2, 0) is 14.3 Å². The van der Waals surface area contributed by atoms with Crippen molar-refractivity contribution in [1.29, 1.82) is 0 Å². The molecule has 0 bridgehead atoms. The van der Waals surface area contributed by atoms with Gasteiger partial charge in [0, 0.05) is 12.4 Å². The van der Waals surface area contributed by atoms with Gasteiger partial charge in [-0.1, -0.05) is 6.07 Å². The van der Waals surface area contributed by atoms with Crippen LogP contribution in [0.25, 0.3) is 0 Å². The smallest absolute Gasteiger partial charge is 0.420 e. The second-order valence-electron chi connectivity index (χ2n) is 7.25. The lowest BCUT2D eigenvalue weighted by Gasteiger charge is -2.28. The normalized spacial score (nSPS) is 18.6. The van der Waals surface area contributed by atoms with E-state index in [1.807, 2.05) is 0 Å². The Kier molecular flexibility index (Phi) is 7.67. The van der Waals surface area contributed by atoms with Gasteiger partial charge in [0.2, 0.25) is 0 Å². The first-order valence-electron chi connectivity index (χ1n) is 9.81. The predicted octanol–water partition coefficient (Wildman–Crippen LogP) is 3.80. The van der Waals surface area contributed by atoms with Crippen LogP contribution >= 0.6 is 0 Å². The quantitative estimate of drug-likeness (QED) is 0.697. The van der Waals surface area contributed by atoms with E-state index in [1.54, 1.807) is 6.07 Å². The summed E-state index contributed by atoms with van der Waals surface area (Å²) in [5.74, 6) is -0.674. The topological polar surface area (TPSA) is 102 Å². The highest BCUT2D eigenvalue weighted by Gasteiger charge is 2.26. The van der Waals surface area contributed by atoms with Gasteiger partial charge >= 0.3 is 12.1 Å². The number of aromatic nitrogens is 2. The summed E-state index contributed by atoms with van der Waals surface area (Å²) in [5.41, 5.74) is 0.305. The Morgan fingerprint density at radius 3 is 2.50 bits per heavy atom. The van der Waals surface area contributed by atoms with Crippen LogP contribution in [0.5, 0.6) is 0 Å². The molecule has 0 spiro atoms. The van der Waals surface area contributed by atoms with Crippen molar-refractivity contribution >= 4 is 23.6 Å². The molecule has 30 heavy (non-hydrogen) atoms. The van der Waals surface area contributed by atoms with Crippen molar-refractivity contribution in [2.45, 2.75) is 25.7 Å². The first-order valence-corrected chi connectivity index (χ1v) is 9.81. The minimum Gasteiger partial charge on any atom is -0.480 e. The van der Waals surface area contributed by atoms with Crippen LogP contribution in [0, 0.1) is 17.7 Å². The van der Waals surface area contributed by atoms with E-state index in [-0.39, 0.29) is 24.9 Å². The monoisotopic (exact) mass is 417 g/mol. The zero-order valence-electron chi connectivity index (χ0n) is 16.4. The van der Waals surface area contributed by atoms with Gasteiger partial charge in [0.25, 0.3) is 0 Å². The van der Waals surface area contributed by atoms with Crippen LogP contribution in [0.3, 0.4) is 0 Å². The molecule has 1 fully saturated rings. The highest BCUT2D eigenvalue weighted by Crippen LogP contribution is 2.30. The Morgan fingerprint density at radius 2 is 1.87 bits per heavy atom. The molecule has 2 aromatic rings. The molecule has 1 saturated carbocycles. The van der Waals surface area contributed by atoms with Gasteiger partial charge in [-0.05, 0) is 55.7 Å². The molecule has 1 N–H and O–H groups in total. The molecule has 0 aliphatic heterocycles. The molecule has 1 aliphatic rings. The zero-order valence-corrected chi connectivity index (χ0v) is 16.4. The van der Waals surface area contributed by atoms with Gasteiger partial charge in [0.05, 0.1) is 25.1 Å². The molecule has 3 rings (SSSR count). The summed E-state index contributed by atoms with van der Waals surface area (Å²) in [6, 6.07) is 5.64. The SMILES string of the molecule is O=C(O)COCC1CCC(COC(=O)N(c2cccc(F)c2)c2cnccn2)CC1. The molecular weight excluding hydrogens is 393 g/mol. The Labute approximate surface area is 173 Å². The van der Waals surface area contributed by atoms with Crippen molar-refractivity contribution < 1.29 is 28.6 Å². The van der Waals surface area contributed by atoms with Crippen LogP contribution in [0.2, 0.25) is 0 Å². The van der Waals surface area contributed by atoms with Crippen LogP contribution in [-0.4, -0.2) is 47.0 Å². The Balaban J connectivity index is 1.55. The molecule has 0 radical (unpaired) electrons. The van der Waals surface area contributed by atoms with Crippen molar-refractivity contribution in [2.24, 2.45) is 11.8 Å². The van der Waals surface area contributed by atoms with E-state index in [2.05, 4.69) is 9.97 Å². The van der Waals surface area contributed by atoms with Crippen molar-refractivity contribution in [1.82, 2.24) is 9.97 Å². The van der Waals surface area contributed by atoms with Gasteiger partial charge < -0.3 is 14.6 Å². The molecule has 1 aromatic carbocycles. The Morgan fingerprint density at radius 1 is 1.13 bits per heavy atom.